The second-order valence-electron chi connectivity index (χ2n) is 6.30. The van der Waals surface area contributed by atoms with Crippen LogP contribution in [0.25, 0.3) is 11.3 Å². The van der Waals surface area contributed by atoms with E-state index < -0.39 is 6.17 Å². The van der Waals surface area contributed by atoms with Gasteiger partial charge in [-0.05, 0) is 62.1 Å². The number of nitrogens with zero attached hydrogens (tertiary/aromatic N) is 1. The zero-order valence-electron chi connectivity index (χ0n) is 14.8. The van der Waals surface area contributed by atoms with Crippen LogP contribution in [0.15, 0.2) is 42.6 Å². The average molecular weight is 329 g/mol. The second-order valence-corrected chi connectivity index (χ2v) is 6.30. The molecule has 0 amide bonds. The van der Waals surface area contributed by atoms with E-state index in [1.165, 1.54) is 19.3 Å². The zero-order chi connectivity index (χ0) is 17.2. The van der Waals surface area contributed by atoms with Crippen LogP contribution in [0.2, 0.25) is 0 Å². The summed E-state index contributed by atoms with van der Waals surface area (Å²) < 4.78 is 18.6. The molecule has 1 aromatic heterocycles. The first kappa shape index (κ1) is 18.4. The van der Waals surface area contributed by atoms with Crippen molar-refractivity contribution in [2.75, 3.05) is 6.61 Å². The van der Waals surface area contributed by atoms with Gasteiger partial charge < -0.3 is 4.74 Å². The van der Waals surface area contributed by atoms with Crippen molar-refractivity contribution in [3.8, 4) is 17.0 Å². The van der Waals surface area contributed by atoms with Crippen LogP contribution in [0.5, 0.6) is 5.75 Å². The highest BCUT2D eigenvalue weighted by Gasteiger charge is 2.03. The molecule has 24 heavy (non-hydrogen) atoms. The van der Waals surface area contributed by atoms with Crippen molar-refractivity contribution in [2.45, 2.75) is 58.5 Å². The van der Waals surface area contributed by atoms with E-state index in [4.69, 9.17) is 4.74 Å². The van der Waals surface area contributed by atoms with Crippen molar-refractivity contribution < 1.29 is 9.13 Å². The van der Waals surface area contributed by atoms with E-state index in [2.05, 4.69) is 11.9 Å². The molecule has 2 rings (SSSR count). The number of hydrogen-bond donors (Lipinski definition) is 0. The minimum absolute atomic E-state index is 0.547. The molecule has 1 heterocycles. The van der Waals surface area contributed by atoms with Gasteiger partial charge in [-0.25, -0.2) is 4.39 Å². The summed E-state index contributed by atoms with van der Waals surface area (Å²) >= 11 is 0. The molecule has 0 aliphatic rings. The third kappa shape index (κ3) is 6.31. The molecule has 1 aromatic carbocycles. The summed E-state index contributed by atoms with van der Waals surface area (Å²) in [5, 5.41) is 0. The van der Waals surface area contributed by atoms with Crippen LogP contribution >= 0.6 is 0 Å². The molecule has 0 saturated carbocycles. The highest BCUT2D eigenvalue weighted by atomic mass is 19.1. The predicted molar refractivity (Wildman–Crippen MR) is 98.2 cm³/mol. The largest absolute Gasteiger partial charge is 0.494 e. The van der Waals surface area contributed by atoms with Gasteiger partial charge in [0, 0.05) is 11.8 Å². The fraction of sp³-hybridized carbons (Fsp3) is 0.476. The van der Waals surface area contributed by atoms with Crippen molar-refractivity contribution in [2.24, 2.45) is 0 Å². The lowest BCUT2D eigenvalue weighted by Crippen LogP contribution is -1.97. The molecule has 2 nitrogen and oxygen atoms in total. The molecule has 0 spiro atoms. The summed E-state index contributed by atoms with van der Waals surface area (Å²) in [4.78, 5) is 4.49. The molecule has 0 radical (unpaired) electrons. The normalized spacial score (nSPS) is 12.1. The summed E-state index contributed by atoms with van der Waals surface area (Å²) in [6.45, 7) is 4.58. The van der Waals surface area contributed by atoms with Gasteiger partial charge in [-0.1, -0.05) is 32.3 Å². The molecule has 0 bridgehead atoms. The number of ether oxygens (including phenoxy) is 1. The molecule has 130 valence electrons. The van der Waals surface area contributed by atoms with Gasteiger partial charge in [0.1, 0.15) is 5.75 Å². The van der Waals surface area contributed by atoms with Crippen molar-refractivity contribution >= 4 is 0 Å². The Morgan fingerprint density at radius 1 is 1.04 bits per heavy atom. The number of rotatable bonds is 10. The summed E-state index contributed by atoms with van der Waals surface area (Å²) in [6, 6.07) is 12.1. The fourth-order valence-electron chi connectivity index (χ4n) is 2.55. The Bertz CT molecular complexity index is 578. The minimum atomic E-state index is -0.765. The van der Waals surface area contributed by atoms with Gasteiger partial charge in [0.15, 0.2) is 0 Å². The topological polar surface area (TPSA) is 22.1 Å². The fourth-order valence-corrected chi connectivity index (χ4v) is 2.55. The Morgan fingerprint density at radius 2 is 1.83 bits per heavy atom. The highest BCUT2D eigenvalue weighted by molar-refractivity contribution is 5.60. The predicted octanol–water partition coefficient (Wildman–Crippen LogP) is 6.00. The van der Waals surface area contributed by atoms with Gasteiger partial charge in [-0.2, -0.15) is 0 Å². The van der Waals surface area contributed by atoms with E-state index in [-0.39, 0.29) is 0 Å². The summed E-state index contributed by atoms with van der Waals surface area (Å²) in [5.74, 6) is 0.906. The quantitative estimate of drug-likeness (QED) is 0.499. The molecule has 0 aliphatic heterocycles. The maximum absolute atomic E-state index is 12.9. The number of hydrogen-bond acceptors (Lipinski definition) is 2. The van der Waals surface area contributed by atoms with E-state index >= 15 is 0 Å². The van der Waals surface area contributed by atoms with E-state index in [1.54, 1.807) is 6.92 Å². The number of halogens is 1. The van der Waals surface area contributed by atoms with E-state index in [0.29, 0.717) is 6.42 Å². The Morgan fingerprint density at radius 3 is 2.46 bits per heavy atom. The lowest BCUT2D eigenvalue weighted by Gasteiger charge is -2.08. The minimum Gasteiger partial charge on any atom is -0.494 e. The van der Waals surface area contributed by atoms with Gasteiger partial charge in [0.05, 0.1) is 18.5 Å². The molecule has 3 heteroatoms. The van der Waals surface area contributed by atoms with Crippen LogP contribution in [0, 0.1) is 0 Å². The Balaban J connectivity index is 1.86. The Hall–Kier alpha value is -1.90. The van der Waals surface area contributed by atoms with Crippen LogP contribution in [-0.4, -0.2) is 17.8 Å². The second kappa shape index (κ2) is 10.1. The Labute approximate surface area is 145 Å². The van der Waals surface area contributed by atoms with Gasteiger partial charge in [-0.3, -0.25) is 4.98 Å². The molecule has 1 atom stereocenters. The SMILES string of the molecule is CCCCCCOc1ccc(-c2ccc(CCC(C)F)cn2)cc1. The maximum atomic E-state index is 12.9. The monoisotopic (exact) mass is 329 g/mol. The number of unbranched alkanes of at least 4 members (excludes halogenated alkanes) is 3. The first-order valence-electron chi connectivity index (χ1n) is 9.01. The zero-order valence-corrected chi connectivity index (χ0v) is 14.8. The van der Waals surface area contributed by atoms with Crippen LogP contribution in [0.3, 0.4) is 0 Å². The van der Waals surface area contributed by atoms with Gasteiger partial charge in [0.25, 0.3) is 0 Å². The third-order valence-electron chi connectivity index (χ3n) is 4.07. The molecule has 0 N–H and O–H groups in total. The summed E-state index contributed by atoms with van der Waals surface area (Å²) in [7, 11) is 0. The first-order chi connectivity index (χ1) is 11.7. The van der Waals surface area contributed by atoms with Gasteiger partial charge >= 0.3 is 0 Å². The van der Waals surface area contributed by atoms with Crippen LogP contribution in [0.4, 0.5) is 4.39 Å². The smallest absolute Gasteiger partial charge is 0.119 e. The molecular formula is C21H28FNO. The van der Waals surface area contributed by atoms with E-state index in [0.717, 1.165) is 42.0 Å². The average Bonchev–Trinajstić information content (AvgIpc) is 2.61. The van der Waals surface area contributed by atoms with E-state index in [9.17, 15) is 4.39 Å². The van der Waals surface area contributed by atoms with Crippen molar-refractivity contribution in [3.05, 3.63) is 48.2 Å². The summed E-state index contributed by atoms with van der Waals surface area (Å²) in [5.41, 5.74) is 3.08. The number of pyridine rings is 1. The number of aromatic nitrogens is 1. The highest BCUT2D eigenvalue weighted by Crippen LogP contribution is 2.21. The molecule has 0 aliphatic carbocycles. The first-order valence-corrected chi connectivity index (χ1v) is 9.01. The van der Waals surface area contributed by atoms with Gasteiger partial charge in [0.2, 0.25) is 0 Å². The molecule has 1 unspecified atom stereocenters. The molecular weight excluding hydrogens is 301 g/mol. The molecule has 2 aromatic rings. The third-order valence-corrected chi connectivity index (χ3v) is 4.07. The molecule has 0 saturated heterocycles. The van der Waals surface area contributed by atoms with Crippen LogP contribution < -0.4 is 4.74 Å². The van der Waals surface area contributed by atoms with E-state index in [1.807, 2.05) is 42.6 Å². The number of benzene rings is 1. The lowest BCUT2D eigenvalue weighted by molar-refractivity contribution is 0.305. The lowest BCUT2D eigenvalue weighted by atomic mass is 10.1. The van der Waals surface area contributed by atoms with Crippen LogP contribution in [0.1, 0.15) is 51.5 Å². The van der Waals surface area contributed by atoms with Crippen LogP contribution in [-0.2, 0) is 6.42 Å². The number of aryl methyl sites for hydroxylation is 1. The molecule has 0 fully saturated rings. The van der Waals surface area contributed by atoms with Crippen molar-refractivity contribution in [1.29, 1.82) is 0 Å². The summed E-state index contributed by atoms with van der Waals surface area (Å²) in [6.07, 6.45) is 7.21. The number of alkyl halides is 1. The van der Waals surface area contributed by atoms with Crippen molar-refractivity contribution in [3.63, 3.8) is 0 Å². The standard InChI is InChI=1S/C21H28FNO/c1-3-4-5-6-15-24-20-12-10-19(11-13-20)21-14-9-18(16-23-21)8-7-17(2)22/h9-14,16-17H,3-8,15H2,1-2H3. The van der Waals surface area contributed by atoms with Crippen molar-refractivity contribution in [1.82, 2.24) is 4.98 Å². The Kier molecular flexibility index (Phi) is 7.73. The van der Waals surface area contributed by atoms with Gasteiger partial charge in [-0.15, -0.1) is 0 Å². The maximum Gasteiger partial charge on any atom is 0.119 e.